The lowest BCUT2D eigenvalue weighted by atomic mass is 9.75. The highest BCUT2D eigenvalue weighted by molar-refractivity contribution is 5.05. The zero-order chi connectivity index (χ0) is 13.2. The SMILES string of the molecule is CN(C)Cc1noc(C(C)(C)C2CCCNC2)n1. The topological polar surface area (TPSA) is 54.2 Å². The summed E-state index contributed by atoms with van der Waals surface area (Å²) < 4.78 is 5.47. The Labute approximate surface area is 109 Å². The summed E-state index contributed by atoms with van der Waals surface area (Å²) in [7, 11) is 4.01. The van der Waals surface area contributed by atoms with E-state index in [1.807, 2.05) is 19.0 Å². The minimum Gasteiger partial charge on any atom is -0.339 e. The maximum atomic E-state index is 5.47. The molecule has 0 aliphatic carbocycles. The number of hydrogen-bond donors (Lipinski definition) is 1. The third-order valence-corrected chi connectivity index (χ3v) is 3.79. The first-order valence-corrected chi connectivity index (χ1v) is 6.68. The second-order valence-electron chi connectivity index (χ2n) is 6.02. The van der Waals surface area contributed by atoms with E-state index < -0.39 is 0 Å². The molecule has 0 aromatic carbocycles. The highest BCUT2D eigenvalue weighted by Crippen LogP contribution is 2.34. The van der Waals surface area contributed by atoms with Crippen molar-refractivity contribution in [2.75, 3.05) is 27.2 Å². The molecular formula is C13H24N4O. The molecule has 0 bridgehead atoms. The van der Waals surface area contributed by atoms with E-state index in [1.165, 1.54) is 12.8 Å². The number of nitrogens with zero attached hydrogens (tertiary/aromatic N) is 3. The summed E-state index contributed by atoms with van der Waals surface area (Å²) in [4.78, 5) is 6.60. The van der Waals surface area contributed by atoms with Crippen LogP contribution in [0.25, 0.3) is 0 Å². The summed E-state index contributed by atoms with van der Waals surface area (Å²) in [5, 5.41) is 7.52. The monoisotopic (exact) mass is 252 g/mol. The van der Waals surface area contributed by atoms with Gasteiger partial charge in [0.25, 0.3) is 0 Å². The Morgan fingerprint density at radius 2 is 2.22 bits per heavy atom. The molecule has 5 heteroatoms. The van der Waals surface area contributed by atoms with Gasteiger partial charge in [-0.15, -0.1) is 0 Å². The molecule has 1 N–H and O–H groups in total. The Bertz CT molecular complexity index is 380. The van der Waals surface area contributed by atoms with Gasteiger partial charge in [-0.05, 0) is 45.9 Å². The molecule has 0 saturated carbocycles. The molecule has 1 aliphatic rings. The fourth-order valence-corrected chi connectivity index (χ4v) is 2.51. The van der Waals surface area contributed by atoms with E-state index in [1.54, 1.807) is 0 Å². The summed E-state index contributed by atoms with van der Waals surface area (Å²) >= 11 is 0. The van der Waals surface area contributed by atoms with E-state index in [9.17, 15) is 0 Å². The second-order valence-corrected chi connectivity index (χ2v) is 6.02. The second kappa shape index (κ2) is 5.36. The Morgan fingerprint density at radius 1 is 1.44 bits per heavy atom. The van der Waals surface area contributed by atoms with Crippen LogP contribution in [0, 0.1) is 5.92 Å². The number of aromatic nitrogens is 2. The summed E-state index contributed by atoms with van der Waals surface area (Å²) in [5.74, 6) is 2.11. The molecule has 1 aromatic rings. The first-order chi connectivity index (χ1) is 8.50. The van der Waals surface area contributed by atoms with Crippen LogP contribution in [0.15, 0.2) is 4.52 Å². The molecule has 1 fully saturated rings. The van der Waals surface area contributed by atoms with Crippen LogP contribution >= 0.6 is 0 Å². The Morgan fingerprint density at radius 3 is 2.83 bits per heavy atom. The van der Waals surface area contributed by atoms with Gasteiger partial charge in [-0.1, -0.05) is 19.0 Å². The van der Waals surface area contributed by atoms with Gasteiger partial charge < -0.3 is 14.7 Å². The molecule has 5 nitrogen and oxygen atoms in total. The van der Waals surface area contributed by atoms with Gasteiger partial charge >= 0.3 is 0 Å². The van der Waals surface area contributed by atoms with Gasteiger partial charge in [-0.2, -0.15) is 4.98 Å². The van der Waals surface area contributed by atoms with Crippen LogP contribution in [0.2, 0.25) is 0 Å². The molecule has 18 heavy (non-hydrogen) atoms. The highest BCUT2D eigenvalue weighted by atomic mass is 16.5. The third kappa shape index (κ3) is 2.90. The van der Waals surface area contributed by atoms with Gasteiger partial charge in [0, 0.05) is 5.41 Å². The molecule has 2 heterocycles. The quantitative estimate of drug-likeness (QED) is 0.878. The van der Waals surface area contributed by atoms with Gasteiger partial charge in [0.05, 0.1) is 6.54 Å². The van der Waals surface area contributed by atoms with Gasteiger partial charge in [-0.25, -0.2) is 0 Å². The first kappa shape index (κ1) is 13.5. The first-order valence-electron chi connectivity index (χ1n) is 6.68. The zero-order valence-corrected chi connectivity index (χ0v) is 11.9. The normalized spacial score (nSPS) is 21.5. The van der Waals surface area contributed by atoms with Crippen molar-refractivity contribution in [3.63, 3.8) is 0 Å². The van der Waals surface area contributed by atoms with Crippen LogP contribution < -0.4 is 5.32 Å². The van der Waals surface area contributed by atoms with Crippen molar-refractivity contribution in [3.8, 4) is 0 Å². The summed E-state index contributed by atoms with van der Waals surface area (Å²) in [6.45, 7) is 7.30. The fraction of sp³-hybridized carbons (Fsp3) is 0.846. The average Bonchev–Trinajstić information content (AvgIpc) is 2.78. The number of piperidine rings is 1. The van der Waals surface area contributed by atoms with Crippen LogP contribution in [0.4, 0.5) is 0 Å². The van der Waals surface area contributed by atoms with E-state index in [0.717, 1.165) is 31.3 Å². The Kier molecular flexibility index (Phi) is 4.02. The molecule has 0 spiro atoms. The van der Waals surface area contributed by atoms with E-state index in [2.05, 4.69) is 29.3 Å². The summed E-state index contributed by atoms with van der Waals surface area (Å²) in [6, 6.07) is 0. The van der Waals surface area contributed by atoms with E-state index in [4.69, 9.17) is 4.52 Å². The van der Waals surface area contributed by atoms with Crippen LogP contribution in [0.1, 0.15) is 38.4 Å². The lowest BCUT2D eigenvalue weighted by Crippen LogP contribution is -2.41. The van der Waals surface area contributed by atoms with E-state index in [-0.39, 0.29) is 5.41 Å². The van der Waals surface area contributed by atoms with Crippen LogP contribution in [0.5, 0.6) is 0 Å². The number of nitrogens with one attached hydrogen (secondary N) is 1. The number of hydrogen-bond acceptors (Lipinski definition) is 5. The molecule has 102 valence electrons. The molecule has 1 aromatic heterocycles. The highest BCUT2D eigenvalue weighted by Gasteiger charge is 2.37. The predicted molar refractivity (Wildman–Crippen MR) is 70.3 cm³/mol. The van der Waals surface area contributed by atoms with Crippen LogP contribution in [-0.4, -0.2) is 42.2 Å². The van der Waals surface area contributed by atoms with Gasteiger partial charge in [0.1, 0.15) is 0 Å². The molecule has 0 amide bonds. The van der Waals surface area contributed by atoms with Crippen molar-refractivity contribution in [2.24, 2.45) is 5.92 Å². The fourth-order valence-electron chi connectivity index (χ4n) is 2.51. The van der Waals surface area contributed by atoms with Crippen molar-refractivity contribution in [1.29, 1.82) is 0 Å². The molecule has 1 atom stereocenters. The summed E-state index contributed by atoms with van der Waals surface area (Å²) in [6.07, 6.45) is 2.46. The maximum Gasteiger partial charge on any atom is 0.232 e. The van der Waals surface area contributed by atoms with Crippen molar-refractivity contribution in [1.82, 2.24) is 20.4 Å². The molecule has 2 rings (SSSR count). The van der Waals surface area contributed by atoms with Crippen molar-refractivity contribution < 1.29 is 4.52 Å². The summed E-state index contributed by atoms with van der Waals surface area (Å²) in [5.41, 5.74) is -0.0506. The number of rotatable bonds is 4. The third-order valence-electron chi connectivity index (χ3n) is 3.79. The lowest BCUT2D eigenvalue weighted by Gasteiger charge is -2.34. The van der Waals surface area contributed by atoms with Crippen molar-refractivity contribution >= 4 is 0 Å². The molecule has 1 saturated heterocycles. The zero-order valence-electron chi connectivity index (χ0n) is 11.9. The lowest BCUT2D eigenvalue weighted by molar-refractivity contribution is 0.196. The molecule has 1 aliphatic heterocycles. The van der Waals surface area contributed by atoms with Crippen molar-refractivity contribution in [2.45, 2.75) is 38.6 Å². The molecular weight excluding hydrogens is 228 g/mol. The van der Waals surface area contributed by atoms with Crippen LogP contribution in [-0.2, 0) is 12.0 Å². The van der Waals surface area contributed by atoms with Gasteiger partial charge in [-0.3, -0.25) is 0 Å². The predicted octanol–water partition coefficient (Wildman–Crippen LogP) is 1.41. The van der Waals surface area contributed by atoms with E-state index in [0.29, 0.717) is 5.92 Å². The molecule has 0 radical (unpaired) electrons. The van der Waals surface area contributed by atoms with Gasteiger partial charge in [0.15, 0.2) is 5.82 Å². The average molecular weight is 252 g/mol. The smallest absolute Gasteiger partial charge is 0.232 e. The Hall–Kier alpha value is -0.940. The minimum absolute atomic E-state index is 0.0506. The molecule has 1 unspecified atom stereocenters. The largest absolute Gasteiger partial charge is 0.339 e. The standard InChI is InChI=1S/C13H24N4O/c1-13(2,10-6-5-7-14-8-10)12-15-11(16-18-12)9-17(3)4/h10,14H,5-9H2,1-4H3. The van der Waals surface area contributed by atoms with Crippen molar-refractivity contribution in [3.05, 3.63) is 11.7 Å². The maximum absolute atomic E-state index is 5.47. The van der Waals surface area contributed by atoms with Crippen LogP contribution in [0.3, 0.4) is 0 Å². The van der Waals surface area contributed by atoms with Gasteiger partial charge in [0.2, 0.25) is 5.89 Å². The Balaban J connectivity index is 2.10. The minimum atomic E-state index is -0.0506. The van der Waals surface area contributed by atoms with E-state index >= 15 is 0 Å².